The number of nitriles is 1. The van der Waals surface area contributed by atoms with Gasteiger partial charge in [0.2, 0.25) is 0 Å². The van der Waals surface area contributed by atoms with Gasteiger partial charge in [-0.05, 0) is 35.4 Å². The van der Waals surface area contributed by atoms with Crippen LogP contribution in [-0.2, 0) is 0 Å². The van der Waals surface area contributed by atoms with Crippen molar-refractivity contribution in [1.82, 2.24) is 15.0 Å². The molecule has 0 atom stereocenters. The first-order chi connectivity index (χ1) is 16.2. The molecule has 0 radical (unpaired) electrons. The molecule has 156 valence electrons. The van der Waals surface area contributed by atoms with Crippen LogP contribution in [0, 0.1) is 11.3 Å². The lowest BCUT2D eigenvalue weighted by Crippen LogP contribution is -2.00. The predicted molar refractivity (Wildman–Crippen MR) is 134 cm³/mol. The second-order valence-electron chi connectivity index (χ2n) is 7.46. The number of nitrogens with zero attached hydrogens (tertiary/aromatic N) is 4. The molecule has 33 heavy (non-hydrogen) atoms. The third-order valence-corrected chi connectivity index (χ3v) is 5.64. The smallest absolute Gasteiger partial charge is 0.164 e. The number of benzene rings is 4. The summed E-state index contributed by atoms with van der Waals surface area (Å²) in [6, 6.07) is 35.7. The Morgan fingerprint density at radius 2 is 1.03 bits per heavy atom. The van der Waals surface area contributed by atoms with Gasteiger partial charge in [-0.1, -0.05) is 94.8 Å². The van der Waals surface area contributed by atoms with Gasteiger partial charge in [-0.3, -0.25) is 0 Å². The largest absolute Gasteiger partial charge is 0.208 e. The summed E-state index contributed by atoms with van der Waals surface area (Å²) < 4.78 is 0.861. The van der Waals surface area contributed by atoms with Crippen molar-refractivity contribution in [2.75, 3.05) is 0 Å². The summed E-state index contributed by atoms with van der Waals surface area (Å²) in [4.78, 5) is 14.4. The van der Waals surface area contributed by atoms with Crippen molar-refractivity contribution in [2.24, 2.45) is 0 Å². The zero-order valence-corrected chi connectivity index (χ0v) is 19.1. The fourth-order valence-corrected chi connectivity index (χ4v) is 4.09. The van der Waals surface area contributed by atoms with Crippen LogP contribution >= 0.6 is 15.9 Å². The van der Waals surface area contributed by atoms with Gasteiger partial charge in [0.05, 0.1) is 11.6 Å². The molecule has 5 heteroatoms. The average molecular weight is 489 g/mol. The van der Waals surface area contributed by atoms with Crippen LogP contribution in [0.4, 0.5) is 0 Å². The Hall–Kier alpha value is -4.14. The van der Waals surface area contributed by atoms with Crippen LogP contribution in [0.25, 0.3) is 45.3 Å². The number of aromatic nitrogens is 3. The Morgan fingerprint density at radius 1 is 0.515 bits per heavy atom. The number of hydrogen-bond acceptors (Lipinski definition) is 4. The lowest BCUT2D eigenvalue weighted by atomic mass is 10.0. The Morgan fingerprint density at radius 3 is 1.61 bits per heavy atom. The number of halogens is 1. The molecule has 0 saturated heterocycles. The first-order valence-corrected chi connectivity index (χ1v) is 11.2. The van der Waals surface area contributed by atoms with Crippen LogP contribution in [0.5, 0.6) is 0 Å². The highest BCUT2D eigenvalue weighted by molar-refractivity contribution is 9.10. The maximum absolute atomic E-state index is 9.35. The Balaban J connectivity index is 1.66. The van der Waals surface area contributed by atoms with Crippen molar-refractivity contribution < 1.29 is 0 Å². The molecule has 4 aromatic carbocycles. The molecule has 0 saturated carbocycles. The minimum Gasteiger partial charge on any atom is -0.208 e. The molecule has 0 bridgehead atoms. The van der Waals surface area contributed by atoms with Crippen LogP contribution in [-0.4, -0.2) is 15.0 Å². The van der Waals surface area contributed by atoms with Gasteiger partial charge in [-0.25, -0.2) is 15.0 Å². The van der Waals surface area contributed by atoms with E-state index in [0.29, 0.717) is 23.0 Å². The Kier molecular flexibility index (Phi) is 5.75. The van der Waals surface area contributed by atoms with Crippen molar-refractivity contribution in [3.8, 4) is 51.4 Å². The third kappa shape index (κ3) is 4.57. The summed E-state index contributed by atoms with van der Waals surface area (Å²) in [5, 5.41) is 9.35. The van der Waals surface area contributed by atoms with E-state index in [0.717, 1.165) is 32.3 Å². The summed E-state index contributed by atoms with van der Waals surface area (Å²) in [6.45, 7) is 0. The average Bonchev–Trinajstić information content (AvgIpc) is 2.89. The van der Waals surface area contributed by atoms with Crippen molar-refractivity contribution in [3.63, 3.8) is 0 Å². The van der Waals surface area contributed by atoms with Gasteiger partial charge in [0.15, 0.2) is 17.5 Å². The van der Waals surface area contributed by atoms with Gasteiger partial charge in [0.1, 0.15) is 0 Å². The minimum atomic E-state index is 0.597. The maximum atomic E-state index is 9.35. The van der Waals surface area contributed by atoms with E-state index in [1.807, 2.05) is 97.1 Å². The van der Waals surface area contributed by atoms with Crippen molar-refractivity contribution >= 4 is 15.9 Å². The fourth-order valence-electron chi connectivity index (χ4n) is 3.60. The SMILES string of the molecule is N#Cc1cc(Br)cc(-c2cccc(-c3nc(-c4ccccc4)nc(-c4ccccc4)n3)c2)c1. The molecule has 5 rings (SSSR count). The summed E-state index contributed by atoms with van der Waals surface area (Å²) in [5.41, 5.74) is 5.27. The summed E-state index contributed by atoms with van der Waals surface area (Å²) >= 11 is 3.50. The molecule has 1 aromatic heterocycles. The van der Waals surface area contributed by atoms with E-state index in [2.05, 4.69) is 22.0 Å². The molecular formula is C28H17BrN4. The predicted octanol–water partition coefficient (Wildman–Crippen LogP) is 7.17. The van der Waals surface area contributed by atoms with Crippen LogP contribution in [0.3, 0.4) is 0 Å². The number of hydrogen-bond donors (Lipinski definition) is 0. The summed E-state index contributed by atoms with van der Waals surface area (Å²) in [5.74, 6) is 1.85. The molecule has 0 spiro atoms. The van der Waals surface area contributed by atoms with Gasteiger partial charge in [0, 0.05) is 21.2 Å². The van der Waals surface area contributed by atoms with Crippen LogP contribution < -0.4 is 0 Å². The van der Waals surface area contributed by atoms with Gasteiger partial charge in [0.25, 0.3) is 0 Å². The van der Waals surface area contributed by atoms with E-state index in [1.54, 1.807) is 6.07 Å². The van der Waals surface area contributed by atoms with Gasteiger partial charge < -0.3 is 0 Å². The van der Waals surface area contributed by atoms with Crippen molar-refractivity contribution in [1.29, 1.82) is 5.26 Å². The van der Waals surface area contributed by atoms with E-state index in [1.165, 1.54) is 0 Å². The van der Waals surface area contributed by atoms with Crippen LogP contribution in [0.15, 0.2) is 108 Å². The van der Waals surface area contributed by atoms with Gasteiger partial charge >= 0.3 is 0 Å². The standard InChI is InChI=1S/C28H17BrN4/c29-25-15-19(18-30)14-24(17-25)22-12-7-13-23(16-22)28-32-26(20-8-3-1-4-9-20)31-27(33-28)21-10-5-2-6-11-21/h1-17H. The highest BCUT2D eigenvalue weighted by Crippen LogP contribution is 2.30. The molecule has 5 aromatic rings. The van der Waals surface area contributed by atoms with E-state index in [4.69, 9.17) is 15.0 Å². The first kappa shape index (κ1) is 20.7. The topological polar surface area (TPSA) is 62.5 Å². The molecule has 0 fully saturated rings. The molecule has 1 heterocycles. The van der Waals surface area contributed by atoms with E-state index >= 15 is 0 Å². The van der Waals surface area contributed by atoms with Crippen molar-refractivity contribution in [3.05, 3.63) is 113 Å². The van der Waals surface area contributed by atoms with Gasteiger partial charge in [-0.2, -0.15) is 5.26 Å². The second kappa shape index (κ2) is 9.15. The van der Waals surface area contributed by atoms with Crippen LogP contribution in [0.1, 0.15) is 5.56 Å². The molecule has 0 amide bonds. The summed E-state index contributed by atoms with van der Waals surface area (Å²) in [6.07, 6.45) is 0. The lowest BCUT2D eigenvalue weighted by molar-refractivity contribution is 1.07. The molecule has 4 nitrogen and oxygen atoms in total. The Labute approximate surface area is 200 Å². The van der Waals surface area contributed by atoms with E-state index in [9.17, 15) is 5.26 Å². The maximum Gasteiger partial charge on any atom is 0.164 e. The second-order valence-corrected chi connectivity index (χ2v) is 8.38. The lowest BCUT2D eigenvalue weighted by Gasteiger charge is -2.10. The third-order valence-electron chi connectivity index (χ3n) is 5.18. The normalized spacial score (nSPS) is 10.5. The zero-order chi connectivity index (χ0) is 22.6. The van der Waals surface area contributed by atoms with E-state index < -0.39 is 0 Å². The molecule has 0 N–H and O–H groups in total. The molecular weight excluding hydrogens is 472 g/mol. The van der Waals surface area contributed by atoms with Crippen LogP contribution in [0.2, 0.25) is 0 Å². The highest BCUT2D eigenvalue weighted by Gasteiger charge is 2.13. The summed E-state index contributed by atoms with van der Waals surface area (Å²) in [7, 11) is 0. The molecule has 0 aliphatic carbocycles. The molecule has 0 aliphatic rings. The van der Waals surface area contributed by atoms with Crippen molar-refractivity contribution in [2.45, 2.75) is 0 Å². The van der Waals surface area contributed by atoms with E-state index in [-0.39, 0.29) is 0 Å². The monoisotopic (exact) mass is 488 g/mol. The Bertz CT molecular complexity index is 1420. The zero-order valence-electron chi connectivity index (χ0n) is 17.5. The molecule has 0 aliphatic heterocycles. The molecule has 0 unspecified atom stereocenters. The number of rotatable bonds is 4. The minimum absolute atomic E-state index is 0.597. The first-order valence-electron chi connectivity index (χ1n) is 10.4. The fraction of sp³-hybridized carbons (Fsp3) is 0. The van der Waals surface area contributed by atoms with Gasteiger partial charge in [-0.15, -0.1) is 0 Å². The highest BCUT2D eigenvalue weighted by atomic mass is 79.9. The quantitative estimate of drug-likeness (QED) is 0.268.